The highest BCUT2D eigenvalue weighted by Gasteiger charge is 2.07. The van der Waals surface area contributed by atoms with E-state index in [1.165, 1.54) is 11.3 Å². The van der Waals surface area contributed by atoms with Gasteiger partial charge in [-0.1, -0.05) is 48.0 Å². The number of aromatic nitrogens is 1. The normalized spacial score (nSPS) is 11.2. The van der Waals surface area contributed by atoms with E-state index in [4.69, 9.17) is 17.3 Å². The Bertz CT molecular complexity index is 910. The quantitative estimate of drug-likeness (QED) is 0.475. The van der Waals surface area contributed by atoms with Gasteiger partial charge in [0.1, 0.15) is 0 Å². The molecule has 1 heterocycles. The Morgan fingerprint density at radius 1 is 1.16 bits per heavy atom. The molecule has 0 aliphatic carbocycles. The molecule has 8 heteroatoms. The number of rotatable bonds is 3. The van der Waals surface area contributed by atoms with Gasteiger partial charge in [0, 0.05) is 21.7 Å². The van der Waals surface area contributed by atoms with Gasteiger partial charge in [-0.15, -0.1) is 11.3 Å². The summed E-state index contributed by atoms with van der Waals surface area (Å²) < 4.78 is 0. The van der Waals surface area contributed by atoms with Gasteiger partial charge in [0.05, 0.1) is 5.69 Å². The molecule has 25 heavy (non-hydrogen) atoms. The van der Waals surface area contributed by atoms with E-state index in [1.807, 2.05) is 35.7 Å². The van der Waals surface area contributed by atoms with E-state index in [2.05, 4.69) is 20.6 Å². The second-order valence-corrected chi connectivity index (χ2v) is 6.24. The third kappa shape index (κ3) is 4.79. The summed E-state index contributed by atoms with van der Waals surface area (Å²) in [5, 5.41) is 7.93. The van der Waals surface area contributed by atoms with E-state index in [1.54, 1.807) is 24.3 Å². The van der Waals surface area contributed by atoms with Gasteiger partial charge in [0.15, 0.2) is 0 Å². The van der Waals surface area contributed by atoms with E-state index in [0.29, 0.717) is 15.8 Å². The number of benzene rings is 2. The Labute approximate surface area is 153 Å². The Hall–Kier alpha value is -2.90. The number of halogens is 1. The standard InChI is InChI=1S/C17H14ClN5OS/c18-12-7-4-8-13(9-12)20-16(24)22-15(19)23-17-21-14(10-25-17)11-5-2-1-3-6-11/h1-10H,(H4,19,20,21,22,23,24). The first kappa shape index (κ1) is 16.9. The highest BCUT2D eigenvalue weighted by molar-refractivity contribution is 7.13. The summed E-state index contributed by atoms with van der Waals surface area (Å²) in [7, 11) is 0. The lowest BCUT2D eigenvalue weighted by Crippen LogP contribution is -2.39. The van der Waals surface area contributed by atoms with Crippen molar-refractivity contribution in [1.29, 1.82) is 0 Å². The topological polar surface area (TPSA) is 92.4 Å². The largest absolute Gasteiger partial charge is 0.369 e. The monoisotopic (exact) mass is 371 g/mol. The molecular formula is C17H14ClN5OS. The molecule has 6 nitrogen and oxygen atoms in total. The first-order valence-corrected chi connectivity index (χ1v) is 8.54. The second-order valence-electron chi connectivity index (χ2n) is 4.97. The first-order valence-electron chi connectivity index (χ1n) is 7.29. The van der Waals surface area contributed by atoms with E-state index < -0.39 is 6.03 Å². The number of anilines is 1. The van der Waals surface area contributed by atoms with Crippen molar-refractivity contribution in [3.8, 4) is 11.3 Å². The summed E-state index contributed by atoms with van der Waals surface area (Å²) in [5.41, 5.74) is 8.11. The third-order valence-corrected chi connectivity index (χ3v) is 4.07. The lowest BCUT2D eigenvalue weighted by molar-refractivity contribution is 0.256. The molecule has 3 rings (SSSR count). The maximum Gasteiger partial charge on any atom is 0.325 e. The number of thiazole rings is 1. The average molecular weight is 372 g/mol. The lowest BCUT2D eigenvalue weighted by atomic mass is 10.2. The number of hydrogen-bond acceptors (Lipinski definition) is 4. The van der Waals surface area contributed by atoms with Gasteiger partial charge in [-0.2, -0.15) is 4.99 Å². The van der Waals surface area contributed by atoms with Crippen LogP contribution in [-0.4, -0.2) is 17.0 Å². The molecule has 0 fully saturated rings. The molecule has 0 saturated carbocycles. The molecule has 4 N–H and O–H groups in total. The summed E-state index contributed by atoms with van der Waals surface area (Å²) in [6.07, 6.45) is 0. The number of carbonyl (C=O) groups is 1. The fraction of sp³-hybridized carbons (Fsp3) is 0. The number of hydrogen-bond donors (Lipinski definition) is 3. The van der Waals surface area contributed by atoms with Crippen LogP contribution in [0.25, 0.3) is 11.3 Å². The maximum absolute atomic E-state index is 11.9. The van der Waals surface area contributed by atoms with Crippen LogP contribution >= 0.6 is 22.9 Å². The van der Waals surface area contributed by atoms with Gasteiger partial charge in [-0.05, 0) is 18.2 Å². The molecular weight excluding hydrogens is 358 g/mol. The van der Waals surface area contributed by atoms with Crippen molar-refractivity contribution >= 4 is 45.7 Å². The number of carbonyl (C=O) groups excluding carboxylic acids is 1. The van der Waals surface area contributed by atoms with Crippen LogP contribution in [0.3, 0.4) is 0 Å². The van der Waals surface area contributed by atoms with Crippen molar-refractivity contribution in [2.75, 3.05) is 5.32 Å². The fourth-order valence-electron chi connectivity index (χ4n) is 2.03. The molecule has 0 unspecified atom stereocenters. The van der Waals surface area contributed by atoms with Gasteiger partial charge >= 0.3 is 6.03 Å². The maximum atomic E-state index is 11.9. The van der Waals surface area contributed by atoms with E-state index in [-0.39, 0.29) is 5.96 Å². The predicted molar refractivity (Wildman–Crippen MR) is 102 cm³/mol. The number of nitrogens with two attached hydrogens (primary N) is 1. The molecule has 1 aromatic heterocycles. The van der Waals surface area contributed by atoms with Crippen molar-refractivity contribution < 1.29 is 4.79 Å². The minimum Gasteiger partial charge on any atom is -0.369 e. The molecule has 0 atom stereocenters. The molecule has 0 aliphatic rings. The predicted octanol–water partition coefficient (Wildman–Crippen LogP) is 4.23. The zero-order valence-electron chi connectivity index (χ0n) is 12.9. The van der Waals surface area contributed by atoms with Gasteiger partial charge in [-0.3, -0.25) is 5.32 Å². The molecule has 0 aliphatic heterocycles. The summed E-state index contributed by atoms with van der Waals surface area (Å²) in [4.78, 5) is 20.4. The molecule has 0 saturated heterocycles. The van der Waals surface area contributed by atoms with E-state index in [0.717, 1.165) is 11.3 Å². The molecule has 3 aromatic rings. The Balaban J connectivity index is 1.64. The fourth-order valence-corrected chi connectivity index (χ4v) is 2.93. The first-order chi connectivity index (χ1) is 12.1. The lowest BCUT2D eigenvalue weighted by Gasteiger charge is -2.06. The number of amides is 2. The number of aliphatic imine (C=N–C) groups is 1. The Kier molecular flexibility index (Phi) is 5.27. The van der Waals surface area contributed by atoms with Crippen LogP contribution in [0.15, 0.2) is 65.0 Å². The van der Waals surface area contributed by atoms with Crippen LogP contribution in [0.4, 0.5) is 15.6 Å². The van der Waals surface area contributed by atoms with Crippen LogP contribution in [0.5, 0.6) is 0 Å². The van der Waals surface area contributed by atoms with E-state index in [9.17, 15) is 4.79 Å². The smallest absolute Gasteiger partial charge is 0.325 e. The van der Waals surface area contributed by atoms with Crippen LogP contribution in [-0.2, 0) is 0 Å². The zero-order valence-corrected chi connectivity index (χ0v) is 14.5. The third-order valence-electron chi connectivity index (χ3n) is 3.10. The number of guanidine groups is 1. The van der Waals surface area contributed by atoms with Crippen molar-refractivity contribution in [3.05, 3.63) is 65.0 Å². The minimum absolute atomic E-state index is 0.0477. The Morgan fingerprint density at radius 3 is 2.72 bits per heavy atom. The van der Waals surface area contributed by atoms with E-state index >= 15 is 0 Å². The molecule has 2 amide bonds. The highest BCUT2D eigenvalue weighted by Crippen LogP contribution is 2.26. The minimum atomic E-state index is -0.511. The van der Waals surface area contributed by atoms with Crippen molar-refractivity contribution in [3.63, 3.8) is 0 Å². The summed E-state index contributed by atoms with van der Waals surface area (Å²) in [6.45, 7) is 0. The Morgan fingerprint density at radius 2 is 1.96 bits per heavy atom. The van der Waals surface area contributed by atoms with Gasteiger partial charge in [0.25, 0.3) is 0 Å². The van der Waals surface area contributed by atoms with Crippen molar-refractivity contribution in [2.24, 2.45) is 10.7 Å². The van der Waals surface area contributed by atoms with Crippen molar-refractivity contribution in [2.45, 2.75) is 0 Å². The van der Waals surface area contributed by atoms with Crippen LogP contribution < -0.4 is 16.4 Å². The number of nitrogens with zero attached hydrogens (tertiary/aromatic N) is 2. The average Bonchev–Trinajstić information content (AvgIpc) is 3.03. The number of urea groups is 1. The van der Waals surface area contributed by atoms with Crippen molar-refractivity contribution in [1.82, 2.24) is 10.3 Å². The van der Waals surface area contributed by atoms with Gasteiger partial charge in [-0.25, -0.2) is 9.78 Å². The summed E-state index contributed by atoms with van der Waals surface area (Å²) >= 11 is 7.21. The summed E-state index contributed by atoms with van der Waals surface area (Å²) in [5.74, 6) is -0.0477. The van der Waals surface area contributed by atoms with Crippen LogP contribution in [0, 0.1) is 0 Å². The summed E-state index contributed by atoms with van der Waals surface area (Å²) in [6, 6.07) is 16.0. The molecule has 2 aromatic carbocycles. The SMILES string of the molecule is N/C(=N\c1nc(-c2ccccc2)cs1)NC(=O)Nc1cccc(Cl)c1. The molecule has 126 valence electrons. The molecule has 0 radical (unpaired) electrons. The highest BCUT2D eigenvalue weighted by atomic mass is 35.5. The van der Waals surface area contributed by atoms with Crippen LogP contribution in [0.1, 0.15) is 0 Å². The van der Waals surface area contributed by atoms with Gasteiger partial charge in [0.2, 0.25) is 11.1 Å². The second kappa shape index (κ2) is 7.78. The molecule has 0 bridgehead atoms. The van der Waals surface area contributed by atoms with Gasteiger partial charge < -0.3 is 11.1 Å². The van der Waals surface area contributed by atoms with Crippen LogP contribution in [0.2, 0.25) is 5.02 Å². The molecule has 0 spiro atoms. The number of nitrogens with one attached hydrogen (secondary N) is 2. The zero-order chi connectivity index (χ0) is 17.6.